The van der Waals surface area contributed by atoms with Crippen LogP contribution in [0.15, 0.2) is 0 Å². The Hall–Kier alpha value is -0.380. The normalized spacial score (nSPS) is 15.0. The van der Waals surface area contributed by atoms with Crippen LogP contribution >= 0.6 is 15.9 Å². The van der Waals surface area contributed by atoms with Gasteiger partial charge in [0.15, 0.2) is 5.78 Å². The van der Waals surface area contributed by atoms with Crippen molar-refractivity contribution < 1.29 is 14.3 Å². The molecule has 70 valence electrons. The highest BCUT2D eigenvalue weighted by Crippen LogP contribution is 2.12. The summed E-state index contributed by atoms with van der Waals surface area (Å²) in [5.41, 5.74) is 0. The third-order valence-corrected chi connectivity index (χ3v) is 2.75. The summed E-state index contributed by atoms with van der Waals surface area (Å²) < 4.78 is 4.45. The van der Waals surface area contributed by atoms with Gasteiger partial charge >= 0.3 is 5.97 Å². The first-order valence-electron chi connectivity index (χ1n) is 3.80. The average Bonchev–Trinajstić information content (AvgIpc) is 2.12. The zero-order chi connectivity index (χ0) is 9.72. The highest BCUT2D eigenvalue weighted by molar-refractivity contribution is 9.10. The van der Waals surface area contributed by atoms with Gasteiger partial charge in [0.25, 0.3) is 0 Å². The zero-order valence-electron chi connectivity index (χ0n) is 7.46. The van der Waals surface area contributed by atoms with Crippen LogP contribution in [-0.2, 0) is 14.3 Å². The molecular weight excluding hydrogens is 224 g/mol. The molecule has 0 aliphatic carbocycles. The number of esters is 1. The Morgan fingerprint density at radius 3 is 2.33 bits per heavy atom. The summed E-state index contributed by atoms with van der Waals surface area (Å²) in [5.74, 6) is -1.26. The quantitative estimate of drug-likeness (QED) is 0.423. The molecule has 0 aromatic carbocycles. The van der Waals surface area contributed by atoms with Gasteiger partial charge in [0, 0.05) is 0 Å². The molecule has 0 N–H and O–H groups in total. The lowest BCUT2D eigenvalue weighted by Gasteiger charge is -2.10. The van der Waals surface area contributed by atoms with Gasteiger partial charge in [-0.2, -0.15) is 0 Å². The Bertz CT molecular complexity index is 179. The Morgan fingerprint density at radius 1 is 1.50 bits per heavy atom. The molecule has 0 radical (unpaired) electrons. The fraction of sp³-hybridized carbons (Fsp3) is 0.750. The van der Waals surface area contributed by atoms with E-state index in [0.29, 0.717) is 6.42 Å². The first kappa shape index (κ1) is 11.6. The van der Waals surface area contributed by atoms with Gasteiger partial charge in [0.05, 0.1) is 11.9 Å². The Labute approximate surface area is 80.6 Å². The molecule has 0 bridgehead atoms. The summed E-state index contributed by atoms with van der Waals surface area (Å²) in [5, 5.41) is 0. The van der Waals surface area contributed by atoms with Gasteiger partial charge in [-0.3, -0.25) is 9.59 Å². The van der Waals surface area contributed by atoms with E-state index in [9.17, 15) is 9.59 Å². The molecule has 2 unspecified atom stereocenters. The predicted octanol–water partition coefficient (Wildman–Crippen LogP) is 1.54. The molecule has 0 saturated heterocycles. The molecule has 0 aromatic heterocycles. The third-order valence-electron chi connectivity index (χ3n) is 1.65. The van der Waals surface area contributed by atoms with Crippen LogP contribution in [0.2, 0.25) is 0 Å². The minimum absolute atomic E-state index is 0.121. The van der Waals surface area contributed by atoms with Crippen molar-refractivity contribution in [1.82, 2.24) is 0 Å². The summed E-state index contributed by atoms with van der Waals surface area (Å²) >= 11 is 3.18. The fourth-order valence-electron chi connectivity index (χ4n) is 0.765. The molecule has 2 atom stereocenters. The second-order valence-corrected chi connectivity index (χ2v) is 3.63. The number of ketones is 1. The van der Waals surface area contributed by atoms with Gasteiger partial charge in [0.2, 0.25) is 0 Å². The van der Waals surface area contributed by atoms with Crippen LogP contribution < -0.4 is 0 Å². The van der Waals surface area contributed by atoms with E-state index < -0.39 is 11.9 Å². The number of rotatable bonds is 4. The maximum Gasteiger partial charge on any atom is 0.315 e. The smallest absolute Gasteiger partial charge is 0.315 e. The number of hydrogen-bond acceptors (Lipinski definition) is 3. The van der Waals surface area contributed by atoms with Gasteiger partial charge in [-0.1, -0.05) is 22.9 Å². The first-order valence-corrected chi connectivity index (χ1v) is 4.71. The number of Topliss-reactive ketones (excluding diaryl/α,β-unsaturated/α-hetero) is 1. The summed E-state index contributed by atoms with van der Waals surface area (Å²) in [6.45, 7) is 3.43. The van der Waals surface area contributed by atoms with Crippen molar-refractivity contribution >= 4 is 27.7 Å². The van der Waals surface area contributed by atoms with E-state index in [1.165, 1.54) is 7.11 Å². The van der Waals surface area contributed by atoms with E-state index >= 15 is 0 Å². The highest BCUT2D eigenvalue weighted by atomic mass is 79.9. The molecule has 0 rings (SSSR count). The van der Waals surface area contributed by atoms with E-state index in [-0.39, 0.29) is 10.6 Å². The van der Waals surface area contributed by atoms with E-state index in [4.69, 9.17) is 0 Å². The van der Waals surface area contributed by atoms with E-state index in [0.717, 1.165) is 0 Å². The second-order valence-electron chi connectivity index (χ2n) is 2.52. The van der Waals surface area contributed by atoms with Crippen molar-refractivity contribution in [1.29, 1.82) is 0 Å². The van der Waals surface area contributed by atoms with Gasteiger partial charge in [-0.15, -0.1) is 0 Å². The van der Waals surface area contributed by atoms with Crippen LogP contribution in [0.1, 0.15) is 20.3 Å². The molecular formula is C8H13BrO3. The average molecular weight is 237 g/mol. The Morgan fingerprint density at radius 2 is 2.00 bits per heavy atom. The maximum absolute atomic E-state index is 11.3. The van der Waals surface area contributed by atoms with Gasteiger partial charge in [0.1, 0.15) is 5.92 Å². The van der Waals surface area contributed by atoms with E-state index in [2.05, 4.69) is 20.7 Å². The molecule has 0 aliphatic heterocycles. The van der Waals surface area contributed by atoms with Crippen LogP contribution in [0.4, 0.5) is 0 Å². The molecule has 0 fully saturated rings. The van der Waals surface area contributed by atoms with Crippen LogP contribution in [0, 0.1) is 5.92 Å². The lowest BCUT2D eigenvalue weighted by molar-refractivity contribution is -0.148. The largest absolute Gasteiger partial charge is 0.468 e. The van der Waals surface area contributed by atoms with Crippen LogP contribution in [-0.4, -0.2) is 23.7 Å². The van der Waals surface area contributed by atoms with Crippen molar-refractivity contribution in [2.75, 3.05) is 7.11 Å². The number of alkyl halides is 1. The predicted molar refractivity (Wildman–Crippen MR) is 49.2 cm³/mol. The minimum Gasteiger partial charge on any atom is -0.468 e. The second kappa shape index (κ2) is 5.30. The number of hydrogen-bond donors (Lipinski definition) is 0. The Balaban J connectivity index is 4.19. The van der Waals surface area contributed by atoms with Crippen molar-refractivity contribution in [3.05, 3.63) is 0 Å². The fourth-order valence-corrected chi connectivity index (χ4v) is 1.16. The van der Waals surface area contributed by atoms with Crippen LogP contribution in [0.3, 0.4) is 0 Å². The standard InChI is InChI=1S/C8H13BrO3/c1-4-6(9)7(10)5(2)8(11)12-3/h5-6H,4H2,1-3H3. The molecule has 0 saturated carbocycles. The molecule has 0 amide bonds. The van der Waals surface area contributed by atoms with Crippen molar-refractivity contribution in [2.24, 2.45) is 5.92 Å². The van der Waals surface area contributed by atoms with Crippen LogP contribution in [0.25, 0.3) is 0 Å². The number of carbonyl (C=O) groups excluding carboxylic acids is 2. The molecule has 12 heavy (non-hydrogen) atoms. The molecule has 0 aliphatic rings. The topological polar surface area (TPSA) is 43.4 Å². The van der Waals surface area contributed by atoms with Gasteiger partial charge in [-0.25, -0.2) is 0 Å². The highest BCUT2D eigenvalue weighted by Gasteiger charge is 2.26. The van der Waals surface area contributed by atoms with Crippen molar-refractivity contribution in [2.45, 2.75) is 25.1 Å². The summed E-state index contributed by atoms with van der Waals surface area (Å²) in [6.07, 6.45) is 0.681. The SMILES string of the molecule is CCC(Br)C(=O)C(C)C(=O)OC. The van der Waals surface area contributed by atoms with E-state index in [1.807, 2.05) is 6.92 Å². The Kier molecular flexibility index (Phi) is 5.13. The number of methoxy groups -OCH3 is 1. The molecule has 0 aromatic rings. The maximum atomic E-state index is 11.3. The zero-order valence-corrected chi connectivity index (χ0v) is 9.05. The summed E-state index contributed by atoms with van der Waals surface area (Å²) in [7, 11) is 1.28. The summed E-state index contributed by atoms with van der Waals surface area (Å²) in [4.78, 5) is 22.0. The lowest BCUT2D eigenvalue weighted by Crippen LogP contribution is -2.28. The molecule has 3 nitrogen and oxygen atoms in total. The monoisotopic (exact) mass is 236 g/mol. The van der Waals surface area contributed by atoms with E-state index in [1.54, 1.807) is 6.92 Å². The molecule has 0 heterocycles. The lowest BCUT2D eigenvalue weighted by atomic mass is 10.0. The third kappa shape index (κ3) is 2.93. The minimum atomic E-state index is -0.667. The number of ether oxygens (including phenoxy) is 1. The molecule has 0 spiro atoms. The first-order chi connectivity index (χ1) is 5.54. The van der Waals surface area contributed by atoms with Gasteiger partial charge in [-0.05, 0) is 13.3 Å². The number of carbonyl (C=O) groups is 2. The van der Waals surface area contributed by atoms with Gasteiger partial charge < -0.3 is 4.74 Å². The number of halogens is 1. The van der Waals surface area contributed by atoms with Crippen molar-refractivity contribution in [3.63, 3.8) is 0 Å². The summed E-state index contributed by atoms with van der Waals surface area (Å²) in [6, 6.07) is 0. The van der Waals surface area contributed by atoms with Crippen LogP contribution in [0.5, 0.6) is 0 Å². The molecule has 4 heteroatoms. The van der Waals surface area contributed by atoms with Crippen molar-refractivity contribution in [3.8, 4) is 0 Å².